The molecule has 0 aliphatic rings. The summed E-state index contributed by atoms with van der Waals surface area (Å²) in [4.78, 5) is 0. The Morgan fingerprint density at radius 3 is 2.50 bits per heavy atom. The largest absolute Gasteiger partial charge is 0.388 e. The van der Waals surface area contributed by atoms with Crippen molar-refractivity contribution < 1.29 is 5.11 Å². The van der Waals surface area contributed by atoms with Crippen LogP contribution in [0.3, 0.4) is 0 Å². The van der Waals surface area contributed by atoms with Gasteiger partial charge in [-0.3, -0.25) is 0 Å². The van der Waals surface area contributed by atoms with E-state index in [0.29, 0.717) is 6.42 Å². The van der Waals surface area contributed by atoms with E-state index in [1.165, 1.54) is 0 Å². The standard InChI is InChI=1S/C10H11BrO/c1-8(11)7-10(12)9-5-3-2-4-6-9/h2-6,10,12H,1,7H2/t10-/m0/s1. The molecule has 1 atom stereocenters. The predicted octanol–water partition coefficient (Wildman–Crippen LogP) is 3.02. The van der Waals surface area contributed by atoms with Gasteiger partial charge in [0, 0.05) is 6.42 Å². The van der Waals surface area contributed by atoms with E-state index in [-0.39, 0.29) is 0 Å². The highest BCUT2D eigenvalue weighted by Crippen LogP contribution is 2.22. The first-order valence-corrected chi connectivity index (χ1v) is 4.55. The van der Waals surface area contributed by atoms with E-state index in [2.05, 4.69) is 22.5 Å². The fourth-order valence-electron chi connectivity index (χ4n) is 1.00. The summed E-state index contributed by atoms with van der Waals surface area (Å²) in [5.41, 5.74) is 0.929. The van der Waals surface area contributed by atoms with Crippen LogP contribution in [0.5, 0.6) is 0 Å². The highest BCUT2D eigenvalue weighted by molar-refractivity contribution is 9.11. The Labute approximate surface area is 80.9 Å². The zero-order chi connectivity index (χ0) is 8.97. The summed E-state index contributed by atoms with van der Waals surface area (Å²) in [6.45, 7) is 3.68. The molecular weight excluding hydrogens is 216 g/mol. The van der Waals surface area contributed by atoms with Crippen molar-refractivity contribution in [1.82, 2.24) is 0 Å². The second-order valence-electron chi connectivity index (χ2n) is 2.65. The van der Waals surface area contributed by atoms with Crippen molar-refractivity contribution in [3.63, 3.8) is 0 Å². The minimum atomic E-state index is -0.446. The van der Waals surface area contributed by atoms with Gasteiger partial charge in [0.2, 0.25) is 0 Å². The van der Waals surface area contributed by atoms with Crippen LogP contribution in [0.4, 0.5) is 0 Å². The third-order valence-corrected chi connectivity index (χ3v) is 1.92. The smallest absolute Gasteiger partial charge is 0.0835 e. The summed E-state index contributed by atoms with van der Waals surface area (Å²) in [6, 6.07) is 9.56. The summed E-state index contributed by atoms with van der Waals surface area (Å²) >= 11 is 3.22. The minimum Gasteiger partial charge on any atom is -0.388 e. The van der Waals surface area contributed by atoms with Crippen molar-refractivity contribution in [3.05, 3.63) is 47.0 Å². The van der Waals surface area contributed by atoms with Gasteiger partial charge < -0.3 is 5.11 Å². The molecule has 0 spiro atoms. The van der Waals surface area contributed by atoms with Crippen molar-refractivity contribution in [3.8, 4) is 0 Å². The van der Waals surface area contributed by atoms with Crippen LogP contribution >= 0.6 is 15.9 Å². The quantitative estimate of drug-likeness (QED) is 0.841. The Hall–Kier alpha value is -0.600. The first-order chi connectivity index (χ1) is 5.70. The first kappa shape index (κ1) is 9.49. The molecule has 0 radical (unpaired) electrons. The summed E-state index contributed by atoms with van der Waals surface area (Å²) in [6.07, 6.45) is 0.113. The SMILES string of the molecule is C=C(Br)C[C@H](O)c1ccccc1. The van der Waals surface area contributed by atoms with Crippen molar-refractivity contribution in [2.75, 3.05) is 0 Å². The number of hydrogen-bond acceptors (Lipinski definition) is 1. The third-order valence-electron chi connectivity index (χ3n) is 1.60. The maximum absolute atomic E-state index is 9.60. The maximum Gasteiger partial charge on any atom is 0.0835 e. The molecule has 0 aliphatic heterocycles. The number of halogens is 1. The number of aliphatic hydroxyl groups excluding tert-OH is 1. The van der Waals surface area contributed by atoms with Crippen LogP contribution in [0.1, 0.15) is 18.1 Å². The van der Waals surface area contributed by atoms with E-state index in [1.807, 2.05) is 30.3 Å². The van der Waals surface area contributed by atoms with Crippen LogP contribution in [-0.2, 0) is 0 Å². The Morgan fingerprint density at radius 2 is 2.00 bits per heavy atom. The average molecular weight is 227 g/mol. The fraction of sp³-hybridized carbons (Fsp3) is 0.200. The molecule has 0 fully saturated rings. The molecule has 1 aromatic rings. The van der Waals surface area contributed by atoms with Gasteiger partial charge in [-0.05, 0) is 10.0 Å². The van der Waals surface area contributed by atoms with Gasteiger partial charge in [-0.2, -0.15) is 0 Å². The molecule has 0 heterocycles. The zero-order valence-electron chi connectivity index (χ0n) is 6.70. The molecule has 1 rings (SSSR count). The molecular formula is C10H11BrO. The number of benzene rings is 1. The van der Waals surface area contributed by atoms with Gasteiger partial charge in [-0.1, -0.05) is 52.8 Å². The van der Waals surface area contributed by atoms with Crippen molar-refractivity contribution in [2.24, 2.45) is 0 Å². The monoisotopic (exact) mass is 226 g/mol. The molecule has 0 amide bonds. The molecule has 1 nitrogen and oxygen atoms in total. The zero-order valence-corrected chi connectivity index (χ0v) is 8.29. The second kappa shape index (κ2) is 4.43. The van der Waals surface area contributed by atoms with Crippen molar-refractivity contribution >= 4 is 15.9 Å². The van der Waals surface area contributed by atoms with Gasteiger partial charge in [-0.25, -0.2) is 0 Å². The average Bonchev–Trinajstić information content (AvgIpc) is 2.05. The van der Waals surface area contributed by atoms with Gasteiger partial charge in [-0.15, -0.1) is 0 Å². The van der Waals surface area contributed by atoms with Gasteiger partial charge in [0.05, 0.1) is 6.10 Å². The molecule has 64 valence electrons. The highest BCUT2D eigenvalue weighted by atomic mass is 79.9. The van der Waals surface area contributed by atoms with Gasteiger partial charge in [0.15, 0.2) is 0 Å². The molecule has 0 aliphatic carbocycles. The minimum absolute atomic E-state index is 0.446. The molecule has 0 bridgehead atoms. The lowest BCUT2D eigenvalue weighted by Crippen LogP contribution is -1.95. The van der Waals surface area contributed by atoms with Crippen molar-refractivity contribution in [1.29, 1.82) is 0 Å². The number of rotatable bonds is 3. The van der Waals surface area contributed by atoms with Crippen LogP contribution in [0.2, 0.25) is 0 Å². The van der Waals surface area contributed by atoms with Crippen LogP contribution in [0, 0.1) is 0 Å². The van der Waals surface area contributed by atoms with Crippen LogP contribution in [-0.4, -0.2) is 5.11 Å². The molecule has 0 saturated heterocycles. The molecule has 0 aromatic heterocycles. The second-order valence-corrected chi connectivity index (χ2v) is 3.77. The summed E-state index contributed by atoms with van der Waals surface area (Å²) < 4.78 is 0.818. The van der Waals surface area contributed by atoms with E-state index in [0.717, 1.165) is 10.0 Å². The number of aliphatic hydroxyl groups is 1. The molecule has 1 N–H and O–H groups in total. The van der Waals surface area contributed by atoms with E-state index in [9.17, 15) is 5.11 Å². The molecule has 12 heavy (non-hydrogen) atoms. The fourth-order valence-corrected chi connectivity index (χ4v) is 1.31. The number of hydrogen-bond donors (Lipinski definition) is 1. The van der Waals surface area contributed by atoms with Crippen molar-refractivity contribution in [2.45, 2.75) is 12.5 Å². The maximum atomic E-state index is 9.60. The van der Waals surface area contributed by atoms with Crippen LogP contribution in [0.25, 0.3) is 0 Å². The summed E-state index contributed by atoms with van der Waals surface area (Å²) in [7, 11) is 0. The Kier molecular flexibility index (Phi) is 3.50. The van der Waals surface area contributed by atoms with Gasteiger partial charge in [0.25, 0.3) is 0 Å². The Morgan fingerprint density at radius 1 is 1.42 bits per heavy atom. The van der Waals surface area contributed by atoms with E-state index < -0.39 is 6.10 Å². The van der Waals surface area contributed by atoms with Gasteiger partial charge >= 0.3 is 0 Å². The van der Waals surface area contributed by atoms with Gasteiger partial charge in [0.1, 0.15) is 0 Å². The lowest BCUT2D eigenvalue weighted by molar-refractivity contribution is 0.181. The van der Waals surface area contributed by atoms with E-state index in [1.54, 1.807) is 0 Å². The lowest BCUT2D eigenvalue weighted by atomic mass is 10.1. The van der Waals surface area contributed by atoms with E-state index >= 15 is 0 Å². The molecule has 0 saturated carbocycles. The third kappa shape index (κ3) is 2.80. The summed E-state index contributed by atoms with van der Waals surface area (Å²) in [5, 5.41) is 9.60. The van der Waals surface area contributed by atoms with Crippen LogP contribution in [0.15, 0.2) is 41.4 Å². The van der Waals surface area contributed by atoms with Crippen LogP contribution < -0.4 is 0 Å². The van der Waals surface area contributed by atoms with E-state index in [4.69, 9.17) is 0 Å². The normalized spacial score (nSPS) is 12.5. The Bertz CT molecular complexity index is 256. The lowest BCUT2D eigenvalue weighted by Gasteiger charge is -2.08. The summed E-state index contributed by atoms with van der Waals surface area (Å²) in [5.74, 6) is 0. The first-order valence-electron chi connectivity index (χ1n) is 3.76. The molecule has 0 unspecified atom stereocenters. The molecule has 2 heteroatoms. The Balaban J connectivity index is 2.65. The molecule has 1 aromatic carbocycles. The highest BCUT2D eigenvalue weighted by Gasteiger charge is 2.06. The topological polar surface area (TPSA) is 20.2 Å². The predicted molar refractivity (Wildman–Crippen MR) is 54.1 cm³/mol.